The van der Waals surface area contributed by atoms with Crippen molar-refractivity contribution in [2.24, 2.45) is 0 Å². The normalized spacial score (nSPS) is 12.2. The highest BCUT2D eigenvalue weighted by atomic mass is 79.9. The lowest BCUT2D eigenvalue weighted by atomic mass is 10.1. The Morgan fingerprint density at radius 3 is 2.13 bits per heavy atom. The summed E-state index contributed by atoms with van der Waals surface area (Å²) in [6.45, 7) is 6.60. The molecule has 0 amide bonds. The van der Waals surface area contributed by atoms with Crippen LogP contribution in [0, 0.1) is 13.8 Å². The standard InChI is InChI=1S/C25H33N2O2S.BrH/c1-20-15-21(2)17-22(16-20)19-27(4,5)14-8-13-26(3)30(28,29)25-12-11-23-9-6-7-10-24(23)18-25;/h6-7,9-12,15-18H,8,13-14,19H2,1-5H3;1H/q+1;/p-1. The number of nitrogens with zero attached hydrogens (tertiary/aromatic N) is 2. The summed E-state index contributed by atoms with van der Waals surface area (Å²) in [7, 11) is 2.59. The van der Waals surface area contributed by atoms with Crippen LogP contribution in [0.5, 0.6) is 0 Å². The van der Waals surface area contributed by atoms with Crippen molar-refractivity contribution in [2.45, 2.75) is 31.7 Å². The van der Waals surface area contributed by atoms with Crippen LogP contribution in [0.15, 0.2) is 65.6 Å². The van der Waals surface area contributed by atoms with Gasteiger partial charge in [-0.15, -0.1) is 0 Å². The van der Waals surface area contributed by atoms with Crippen LogP contribution >= 0.6 is 0 Å². The fourth-order valence-corrected chi connectivity index (χ4v) is 5.33. The fraction of sp³-hybridized carbons (Fsp3) is 0.360. The van der Waals surface area contributed by atoms with Gasteiger partial charge >= 0.3 is 0 Å². The van der Waals surface area contributed by atoms with E-state index in [1.165, 1.54) is 21.0 Å². The molecular weight excluding hydrogens is 472 g/mol. The van der Waals surface area contributed by atoms with E-state index in [-0.39, 0.29) is 17.0 Å². The Kier molecular flexibility index (Phi) is 8.45. The molecule has 0 aliphatic carbocycles. The lowest BCUT2D eigenvalue weighted by molar-refractivity contribution is -0.903. The highest BCUT2D eigenvalue weighted by molar-refractivity contribution is 7.89. The van der Waals surface area contributed by atoms with Gasteiger partial charge < -0.3 is 21.5 Å². The van der Waals surface area contributed by atoms with Crippen molar-refractivity contribution in [3.63, 3.8) is 0 Å². The Hall–Kier alpha value is -1.73. The average molecular weight is 506 g/mol. The molecule has 0 heterocycles. The molecule has 6 heteroatoms. The Labute approximate surface area is 197 Å². The molecule has 0 saturated carbocycles. The van der Waals surface area contributed by atoms with Gasteiger partial charge in [-0.05, 0) is 36.8 Å². The predicted octanol–water partition coefficient (Wildman–Crippen LogP) is 1.75. The number of rotatable bonds is 8. The predicted molar refractivity (Wildman–Crippen MR) is 125 cm³/mol. The number of sulfonamides is 1. The van der Waals surface area contributed by atoms with Crippen LogP contribution in [0.3, 0.4) is 0 Å². The topological polar surface area (TPSA) is 37.4 Å². The van der Waals surface area contributed by atoms with E-state index in [0.717, 1.165) is 34.8 Å². The molecule has 0 atom stereocenters. The van der Waals surface area contributed by atoms with Crippen molar-refractivity contribution in [1.82, 2.24) is 4.31 Å². The SMILES string of the molecule is Cc1cc(C)cc(C[N+](C)(C)CCCN(C)S(=O)(=O)c2ccc3ccccc3c2)c1.[Br-]. The van der Waals surface area contributed by atoms with Gasteiger partial charge in [-0.2, -0.15) is 0 Å². The Bertz CT molecular complexity index is 1120. The first-order valence-corrected chi connectivity index (χ1v) is 11.9. The van der Waals surface area contributed by atoms with Crippen LogP contribution in [0.2, 0.25) is 0 Å². The fourth-order valence-electron chi connectivity index (χ4n) is 4.08. The lowest BCUT2D eigenvalue weighted by Gasteiger charge is -2.31. The van der Waals surface area contributed by atoms with Crippen LogP contribution in [-0.4, -0.2) is 51.4 Å². The van der Waals surface area contributed by atoms with Crippen LogP contribution < -0.4 is 17.0 Å². The third kappa shape index (κ3) is 6.62. The molecule has 3 aromatic carbocycles. The number of aryl methyl sites for hydroxylation is 2. The van der Waals surface area contributed by atoms with Crippen molar-refractivity contribution in [3.8, 4) is 0 Å². The second kappa shape index (κ2) is 10.3. The lowest BCUT2D eigenvalue weighted by Crippen LogP contribution is -3.00. The molecule has 0 aliphatic heterocycles. The minimum Gasteiger partial charge on any atom is -1.00 e. The first-order chi connectivity index (χ1) is 14.1. The zero-order valence-corrected chi connectivity index (χ0v) is 21.5. The molecule has 168 valence electrons. The molecule has 3 rings (SSSR count). The number of hydrogen-bond donors (Lipinski definition) is 0. The third-order valence-electron chi connectivity index (χ3n) is 5.56. The van der Waals surface area contributed by atoms with E-state index in [2.05, 4.69) is 46.1 Å². The number of halogens is 1. The molecular formula is C25H33BrN2O2S. The van der Waals surface area contributed by atoms with E-state index in [4.69, 9.17) is 0 Å². The van der Waals surface area contributed by atoms with Crippen LogP contribution in [0.1, 0.15) is 23.1 Å². The Morgan fingerprint density at radius 2 is 1.48 bits per heavy atom. The Balaban J connectivity index is 0.00000341. The number of quaternary nitrogens is 1. The molecule has 31 heavy (non-hydrogen) atoms. The molecule has 0 N–H and O–H groups in total. The van der Waals surface area contributed by atoms with Gasteiger partial charge in [0.25, 0.3) is 0 Å². The summed E-state index contributed by atoms with van der Waals surface area (Å²) in [5.74, 6) is 0. The maximum absolute atomic E-state index is 13.0. The summed E-state index contributed by atoms with van der Waals surface area (Å²) in [5, 5.41) is 1.99. The van der Waals surface area contributed by atoms with E-state index >= 15 is 0 Å². The third-order valence-corrected chi connectivity index (χ3v) is 7.41. The molecule has 0 radical (unpaired) electrons. The zero-order valence-electron chi connectivity index (χ0n) is 19.1. The summed E-state index contributed by atoms with van der Waals surface area (Å²) < 4.78 is 28.3. The molecule has 3 aromatic rings. The van der Waals surface area contributed by atoms with Gasteiger partial charge in [0.15, 0.2) is 0 Å². The molecule has 0 aromatic heterocycles. The van der Waals surface area contributed by atoms with E-state index < -0.39 is 10.0 Å². The average Bonchev–Trinajstić information content (AvgIpc) is 2.66. The van der Waals surface area contributed by atoms with Crippen molar-refractivity contribution >= 4 is 20.8 Å². The van der Waals surface area contributed by atoms with Gasteiger partial charge in [0.2, 0.25) is 10.0 Å². The minimum atomic E-state index is -3.49. The molecule has 4 nitrogen and oxygen atoms in total. The van der Waals surface area contributed by atoms with Crippen LogP contribution in [0.4, 0.5) is 0 Å². The first-order valence-electron chi connectivity index (χ1n) is 10.4. The van der Waals surface area contributed by atoms with E-state index in [0.29, 0.717) is 11.4 Å². The van der Waals surface area contributed by atoms with E-state index in [9.17, 15) is 8.42 Å². The second-order valence-electron chi connectivity index (χ2n) is 9.00. The Morgan fingerprint density at radius 1 is 0.871 bits per heavy atom. The summed E-state index contributed by atoms with van der Waals surface area (Å²) in [4.78, 5) is 0.354. The maximum atomic E-state index is 13.0. The molecule has 0 unspecified atom stereocenters. The number of hydrogen-bond acceptors (Lipinski definition) is 2. The molecule has 0 fully saturated rings. The summed E-state index contributed by atoms with van der Waals surface area (Å²) in [6.07, 6.45) is 0.807. The minimum absolute atomic E-state index is 0. The summed E-state index contributed by atoms with van der Waals surface area (Å²) in [5.41, 5.74) is 3.90. The quantitative estimate of drug-likeness (QED) is 0.438. The summed E-state index contributed by atoms with van der Waals surface area (Å²) >= 11 is 0. The number of fused-ring (bicyclic) bond motifs is 1. The summed E-state index contributed by atoms with van der Waals surface area (Å²) in [6, 6.07) is 19.8. The smallest absolute Gasteiger partial charge is 0.242 e. The molecule has 0 spiro atoms. The van der Waals surface area contributed by atoms with Crippen molar-refractivity contribution < 1.29 is 29.9 Å². The van der Waals surface area contributed by atoms with Gasteiger partial charge in [0.1, 0.15) is 6.54 Å². The molecule has 0 aliphatic rings. The molecule has 0 saturated heterocycles. The highest BCUT2D eigenvalue weighted by Gasteiger charge is 2.22. The zero-order chi connectivity index (χ0) is 21.9. The molecule has 0 bridgehead atoms. The largest absolute Gasteiger partial charge is 1.00 e. The van der Waals surface area contributed by atoms with Crippen molar-refractivity contribution in [1.29, 1.82) is 0 Å². The van der Waals surface area contributed by atoms with Gasteiger partial charge in [-0.1, -0.05) is 59.7 Å². The first kappa shape index (κ1) is 25.5. The van der Waals surface area contributed by atoms with Crippen molar-refractivity contribution in [2.75, 3.05) is 34.2 Å². The van der Waals surface area contributed by atoms with Gasteiger partial charge in [0.05, 0.1) is 25.5 Å². The van der Waals surface area contributed by atoms with E-state index in [1.807, 2.05) is 30.3 Å². The van der Waals surface area contributed by atoms with Gasteiger partial charge in [-0.3, -0.25) is 0 Å². The monoisotopic (exact) mass is 504 g/mol. The van der Waals surface area contributed by atoms with Gasteiger partial charge in [-0.25, -0.2) is 12.7 Å². The van der Waals surface area contributed by atoms with Gasteiger partial charge in [0, 0.05) is 25.6 Å². The van der Waals surface area contributed by atoms with Crippen molar-refractivity contribution in [3.05, 3.63) is 77.4 Å². The van der Waals surface area contributed by atoms with E-state index in [1.54, 1.807) is 19.2 Å². The number of benzene rings is 3. The van der Waals surface area contributed by atoms with Crippen LogP contribution in [0.25, 0.3) is 10.8 Å². The van der Waals surface area contributed by atoms with Crippen LogP contribution in [-0.2, 0) is 16.6 Å². The highest BCUT2D eigenvalue weighted by Crippen LogP contribution is 2.22. The maximum Gasteiger partial charge on any atom is 0.242 e. The second-order valence-corrected chi connectivity index (χ2v) is 11.0.